The molecule has 5 nitrogen and oxygen atoms in total. The predicted octanol–water partition coefficient (Wildman–Crippen LogP) is 3.52. The summed E-state index contributed by atoms with van der Waals surface area (Å²) in [5, 5.41) is 6.70. The van der Waals surface area contributed by atoms with Gasteiger partial charge in [-0.2, -0.15) is 18.3 Å². The predicted molar refractivity (Wildman–Crippen MR) is 99.3 cm³/mol. The SMILES string of the molecule is CCS(=O)(=O)C[C@@H]1CCNC1.Cn1nc(C(F)(F)F)cc1C1CCCCC1. The van der Waals surface area contributed by atoms with Gasteiger partial charge in [-0.15, -0.1) is 0 Å². The van der Waals surface area contributed by atoms with E-state index in [1.165, 1.54) is 17.2 Å². The quantitative estimate of drug-likeness (QED) is 0.827. The van der Waals surface area contributed by atoms with E-state index in [9.17, 15) is 21.6 Å². The highest BCUT2D eigenvalue weighted by Gasteiger charge is 2.35. The third-order valence-electron chi connectivity index (χ3n) is 5.32. The minimum absolute atomic E-state index is 0.252. The van der Waals surface area contributed by atoms with Gasteiger partial charge >= 0.3 is 6.18 Å². The smallest absolute Gasteiger partial charge is 0.316 e. The van der Waals surface area contributed by atoms with E-state index in [1.807, 2.05) is 0 Å². The van der Waals surface area contributed by atoms with Gasteiger partial charge in [0.25, 0.3) is 0 Å². The normalized spacial score (nSPS) is 21.7. The maximum absolute atomic E-state index is 12.5. The fourth-order valence-electron chi connectivity index (χ4n) is 3.73. The number of nitrogens with one attached hydrogen (secondary N) is 1. The summed E-state index contributed by atoms with van der Waals surface area (Å²) in [6.07, 6.45) is 2.06. The third kappa shape index (κ3) is 6.78. The van der Waals surface area contributed by atoms with Gasteiger partial charge in [-0.05, 0) is 44.3 Å². The summed E-state index contributed by atoms with van der Waals surface area (Å²) in [7, 11) is -1.15. The standard InChI is InChI=1S/C11H15F3N2.C7H15NO2S/c1-16-9(8-5-3-2-4-6-8)7-10(15-16)11(12,13)14;1-2-11(9,10)6-7-3-4-8-5-7/h7-8H,2-6H2,1H3;7-8H,2-6H2,1H3/t;7-/m.1/s1. The zero-order chi connectivity index (χ0) is 20.1. The second-order valence-corrected chi connectivity index (χ2v) is 9.87. The molecule has 0 unspecified atom stereocenters. The van der Waals surface area contributed by atoms with Crippen molar-refractivity contribution >= 4 is 9.84 Å². The van der Waals surface area contributed by atoms with Crippen LogP contribution in [0.25, 0.3) is 0 Å². The van der Waals surface area contributed by atoms with E-state index in [0.717, 1.165) is 50.9 Å². The summed E-state index contributed by atoms with van der Waals surface area (Å²) in [4.78, 5) is 0. The highest BCUT2D eigenvalue weighted by Crippen LogP contribution is 2.35. The van der Waals surface area contributed by atoms with Crippen LogP contribution in [0.1, 0.15) is 62.8 Å². The molecule has 2 aliphatic rings. The van der Waals surface area contributed by atoms with E-state index < -0.39 is 21.7 Å². The van der Waals surface area contributed by atoms with Gasteiger partial charge in [-0.3, -0.25) is 4.68 Å². The number of nitrogens with zero attached hydrogens (tertiary/aromatic N) is 2. The molecule has 0 aromatic carbocycles. The van der Waals surface area contributed by atoms with E-state index in [2.05, 4.69) is 10.4 Å². The molecule has 9 heteroatoms. The lowest BCUT2D eigenvalue weighted by Gasteiger charge is -2.21. The summed E-state index contributed by atoms with van der Waals surface area (Å²) in [5.74, 6) is 1.27. The Balaban J connectivity index is 0.000000208. The van der Waals surface area contributed by atoms with Crippen molar-refractivity contribution in [2.45, 2.75) is 57.5 Å². The molecule has 1 N–H and O–H groups in total. The number of halogens is 3. The average molecular weight is 410 g/mol. The first kappa shape index (κ1) is 22.2. The maximum Gasteiger partial charge on any atom is 0.435 e. The van der Waals surface area contributed by atoms with Crippen molar-refractivity contribution in [1.29, 1.82) is 0 Å². The van der Waals surface area contributed by atoms with E-state index >= 15 is 0 Å². The van der Waals surface area contributed by atoms with Gasteiger partial charge in [0.1, 0.15) is 9.84 Å². The maximum atomic E-state index is 12.5. The molecule has 1 aromatic rings. The van der Waals surface area contributed by atoms with Crippen LogP contribution in [0.2, 0.25) is 0 Å². The van der Waals surface area contributed by atoms with Crippen molar-refractivity contribution in [3.63, 3.8) is 0 Å². The topological polar surface area (TPSA) is 64.0 Å². The molecule has 0 radical (unpaired) electrons. The number of sulfone groups is 1. The molecule has 3 rings (SSSR count). The van der Waals surface area contributed by atoms with Gasteiger partial charge in [0.15, 0.2) is 5.69 Å². The minimum atomic E-state index is -4.33. The molecule has 2 fully saturated rings. The lowest BCUT2D eigenvalue weighted by molar-refractivity contribution is -0.141. The van der Waals surface area contributed by atoms with Gasteiger partial charge < -0.3 is 5.32 Å². The fraction of sp³-hybridized carbons (Fsp3) is 0.833. The first-order valence-corrected chi connectivity index (χ1v) is 11.5. The first-order valence-electron chi connectivity index (χ1n) is 9.64. The molecule has 0 amide bonds. The summed E-state index contributed by atoms with van der Waals surface area (Å²) in [6, 6.07) is 1.20. The summed E-state index contributed by atoms with van der Waals surface area (Å²) < 4.78 is 61.1. The number of hydrogen-bond donors (Lipinski definition) is 1. The Bertz CT molecular complexity index is 689. The second-order valence-electron chi connectivity index (χ2n) is 7.47. The lowest BCUT2D eigenvalue weighted by atomic mass is 9.87. The molecule has 0 bridgehead atoms. The molecule has 27 heavy (non-hydrogen) atoms. The molecule has 1 atom stereocenters. The summed E-state index contributed by atoms with van der Waals surface area (Å²) in [5.41, 5.74) is -0.0393. The molecule has 1 aliphatic heterocycles. The van der Waals surface area contributed by atoms with Crippen molar-refractivity contribution in [3.8, 4) is 0 Å². The van der Waals surface area contributed by atoms with E-state index in [0.29, 0.717) is 11.7 Å². The third-order valence-corrected chi connectivity index (χ3v) is 7.18. The molecule has 156 valence electrons. The molecule has 1 saturated carbocycles. The molecule has 2 heterocycles. The van der Waals surface area contributed by atoms with Gasteiger partial charge in [0.05, 0.1) is 5.75 Å². The second kappa shape index (κ2) is 9.41. The molecule has 1 saturated heterocycles. The van der Waals surface area contributed by atoms with Gasteiger partial charge in [0, 0.05) is 24.4 Å². The van der Waals surface area contributed by atoms with Gasteiger partial charge in [-0.1, -0.05) is 26.2 Å². The molecule has 1 aliphatic carbocycles. The minimum Gasteiger partial charge on any atom is -0.316 e. The molecule has 1 aromatic heterocycles. The van der Waals surface area contributed by atoms with Crippen LogP contribution in [-0.4, -0.2) is 42.8 Å². The van der Waals surface area contributed by atoms with Crippen LogP contribution >= 0.6 is 0 Å². The van der Waals surface area contributed by atoms with Crippen LogP contribution in [0, 0.1) is 5.92 Å². The van der Waals surface area contributed by atoms with Crippen LogP contribution in [-0.2, 0) is 23.1 Å². The number of aromatic nitrogens is 2. The van der Waals surface area contributed by atoms with E-state index in [4.69, 9.17) is 0 Å². The number of aryl methyl sites for hydroxylation is 1. The Morgan fingerprint density at radius 3 is 2.37 bits per heavy atom. The summed E-state index contributed by atoms with van der Waals surface area (Å²) in [6.45, 7) is 3.56. The van der Waals surface area contributed by atoms with Crippen LogP contribution in [0.4, 0.5) is 13.2 Å². The number of rotatable bonds is 4. The Morgan fingerprint density at radius 1 is 1.22 bits per heavy atom. The van der Waals surface area contributed by atoms with Gasteiger partial charge in [-0.25, -0.2) is 8.42 Å². The van der Waals surface area contributed by atoms with Crippen LogP contribution in [0.15, 0.2) is 6.07 Å². The summed E-state index contributed by atoms with van der Waals surface area (Å²) >= 11 is 0. The van der Waals surface area contributed by atoms with Crippen molar-refractivity contribution in [2.24, 2.45) is 13.0 Å². The van der Waals surface area contributed by atoms with E-state index in [1.54, 1.807) is 14.0 Å². The molecular weight excluding hydrogens is 379 g/mol. The Morgan fingerprint density at radius 2 is 1.89 bits per heavy atom. The van der Waals surface area contributed by atoms with Crippen LogP contribution < -0.4 is 5.32 Å². The largest absolute Gasteiger partial charge is 0.435 e. The van der Waals surface area contributed by atoms with E-state index in [-0.39, 0.29) is 11.7 Å². The molecule has 0 spiro atoms. The number of hydrogen-bond acceptors (Lipinski definition) is 4. The Hall–Kier alpha value is -1.09. The highest BCUT2D eigenvalue weighted by atomic mass is 32.2. The van der Waals surface area contributed by atoms with Crippen molar-refractivity contribution in [1.82, 2.24) is 15.1 Å². The lowest BCUT2D eigenvalue weighted by Crippen LogP contribution is -2.19. The van der Waals surface area contributed by atoms with Crippen LogP contribution in [0.5, 0.6) is 0 Å². The van der Waals surface area contributed by atoms with Gasteiger partial charge in [0.2, 0.25) is 0 Å². The zero-order valence-corrected chi connectivity index (χ0v) is 16.9. The van der Waals surface area contributed by atoms with Crippen molar-refractivity contribution in [2.75, 3.05) is 24.6 Å². The molecular formula is C18H30F3N3O2S. The highest BCUT2D eigenvalue weighted by molar-refractivity contribution is 7.91. The monoisotopic (exact) mass is 409 g/mol. The number of alkyl halides is 3. The Kier molecular flexibility index (Phi) is 7.73. The van der Waals surface area contributed by atoms with Crippen molar-refractivity contribution < 1.29 is 21.6 Å². The van der Waals surface area contributed by atoms with Crippen LogP contribution in [0.3, 0.4) is 0 Å². The Labute approximate surface area is 159 Å². The average Bonchev–Trinajstić information content (AvgIpc) is 3.25. The van der Waals surface area contributed by atoms with Crippen molar-refractivity contribution in [3.05, 3.63) is 17.5 Å². The fourth-order valence-corrected chi connectivity index (χ4v) is 4.97. The zero-order valence-electron chi connectivity index (χ0n) is 16.1. The first-order chi connectivity index (χ1) is 12.6.